The molecule has 1 atom stereocenters. The molecule has 3 aromatic carbocycles. The Hall–Kier alpha value is -3.08. The molecule has 27 heavy (non-hydrogen) atoms. The van der Waals surface area contributed by atoms with Crippen molar-refractivity contribution in [1.29, 1.82) is 0 Å². The SMILES string of the molecule is COc1ccc(C(=O)N[C@@H]2CCCOc3ccc(F)cc32)c2ccccc12. The maximum absolute atomic E-state index is 13.8. The number of hydrogen-bond acceptors (Lipinski definition) is 3. The lowest BCUT2D eigenvalue weighted by Gasteiger charge is -2.19. The van der Waals surface area contributed by atoms with Crippen LogP contribution >= 0.6 is 0 Å². The lowest BCUT2D eigenvalue weighted by Crippen LogP contribution is -2.28. The number of rotatable bonds is 3. The van der Waals surface area contributed by atoms with Crippen LogP contribution in [0.1, 0.15) is 34.8 Å². The van der Waals surface area contributed by atoms with Crippen molar-refractivity contribution >= 4 is 16.7 Å². The minimum absolute atomic E-state index is 0.198. The van der Waals surface area contributed by atoms with Crippen LogP contribution in [0.2, 0.25) is 0 Å². The van der Waals surface area contributed by atoms with Crippen LogP contribution in [0.3, 0.4) is 0 Å². The predicted molar refractivity (Wildman–Crippen MR) is 102 cm³/mol. The van der Waals surface area contributed by atoms with Gasteiger partial charge in [-0.25, -0.2) is 4.39 Å². The topological polar surface area (TPSA) is 47.6 Å². The molecule has 0 unspecified atom stereocenters. The summed E-state index contributed by atoms with van der Waals surface area (Å²) in [6.07, 6.45) is 1.47. The van der Waals surface area contributed by atoms with E-state index in [0.717, 1.165) is 22.9 Å². The highest BCUT2D eigenvalue weighted by Gasteiger charge is 2.23. The molecule has 1 aliphatic rings. The van der Waals surface area contributed by atoms with Gasteiger partial charge in [-0.15, -0.1) is 0 Å². The van der Waals surface area contributed by atoms with E-state index in [-0.39, 0.29) is 17.8 Å². The Morgan fingerprint density at radius 1 is 1.15 bits per heavy atom. The average molecular weight is 365 g/mol. The zero-order valence-electron chi connectivity index (χ0n) is 15.0. The normalized spacial score (nSPS) is 16.1. The fourth-order valence-corrected chi connectivity index (χ4v) is 3.58. The standard InChI is InChI=1S/C22H20FNO3/c1-26-20-11-9-17(15-5-2-3-6-16(15)20)22(25)24-19-7-4-12-27-21-10-8-14(23)13-18(19)21/h2-3,5-6,8-11,13,19H,4,7,12H2,1H3,(H,24,25)/t19-/m1/s1. The van der Waals surface area contributed by atoms with Crippen LogP contribution in [0.4, 0.5) is 4.39 Å². The molecular weight excluding hydrogens is 345 g/mol. The van der Waals surface area contributed by atoms with E-state index >= 15 is 0 Å². The van der Waals surface area contributed by atoms with Gasteiger partial charge in [-0.1, -0.05) is 24.3 Å². The Bertz CT molecular complexity index is 1000. The van der Waals surface area contributed by atoms with Gasteiger partial charge in [-0.2, -0.15) is 0 Å². The summed E-state index contributed by atoms with van der Waals surface area (Å²) in [7, 11) is 1.61. The van der Waals surface area contributed by atoms with Gasteiger partial charge in [0.2, 0.25) is 0 Å². The first-order chi connectivity index (χ1) is 13.2. The number of ether oxygens (including phenoxy) is 2. The summed E-state index contributed by atoms with van der Waals surface area (Å²) >= 11 is 0. The van der Waals surface area contributed by atoms with Gasteiger partial charge in [0.1, 0.15) is 17.3 Å². The first-order valence-corrected chi connectivity index (χ1v) is 8.96. The van der Waals surface area contributed by atoms with E-state index in [0.29, 0.717) is 29.9 Å². The minimum atomic E-state index is -0.339. The van der Waals surface area contributed by atoms with Crippen LogP contribution < -0.4 is 14.8 Å². The summed E-state index contributed by atoms with van der Waals surface area (Å²) in [6.45, 7) is 0.552. The molecule has 3 aromatic rings. The fraction of sp³-hybridized carbons (Fsp3) is 0.227. The molecule has 138 valence electrons. The van der Waals surface area contributed by atoms with Crippen molar-refractivity contribution in [2.24, 2.45) is 0 Å². The highest BCUT2D eigenvalue weighted by Crippen LogP contribution is 2.33. The van der Waals surface area contributed by atoms with Crippen LogP contribution in [-0.2, 0) is 0 Å². The summed E-state index contributed by atoms with van der Waals surface area (Å²) in [5.74, 6) is 0.806. The third-order valence-electron chi connectivity index (χ3n) is 4.90. The summed E-state index contributed by atoms with van der Waals surface area (Å²) in [5.41, 5.74) is 1.24. The summed E-state index contributed by atoms with van der Waals surface area (Å²) < 4.78 is 24.9. The largest absolute Gasteiger partial charge is 0.496 e. The van der Waals surface area contributed by atoms with Gasteiger partial charge in [0.05, 0.1) is 19.8 Å². The zero-order chi connectivity index (χ0) is 18.8. The molecule has 1 heterocycles. The molecule has 5 heteroatoms. The van der Waals surface area contributed by atoms with Gasteiger partial charge in [0.15, 0.2) is 0 Å². The number of nitrogens with one attached hydrogen (secondary N) is 1. The van der Waals surface area contributed by atoms with Crippen LogP contribution in [-0.4, -0.2) is 19.6 Å². The van der Waals surface area contributed by atoms with Crippen molar-refractivity contribution in [3.8, 4) is 11.5 Å². The third-order valence-corrected chi connectivity index (χ3v) is 4.90. The smallest absolute Gasteiger partial charge is 0.252 e. The molecular formula is C22H20FNO3. The van der Waals surface area contributed by atoms with Crippen molar-refractivity contribution in [3.05, 3.63) is 71.5 Å². The van der Waals surface area contributed by atoms with Crippen molar-refractivity contribution < 1.29 is 18.7 Å². The van der Waals surface area contributed by atoms with Crippen molar-refractivity contribution in [2.45, 2.75) is 18.9 Å². The fourth-order valence-electron chi connectivity index (χ4n) is 3.58. The van der Waals surface area contributed by atoms with Crippen LogP contribution in [0.25, 0.3) is 10.8 Å². The van der Waals surface area contributed by atoms with E-state index in [1.54, 1.807) is 25.3 Å². The average Bonchev–Trinajstić information content (AvgIpc) is 2.89. The third kappa shape index (κ3) is 3.33. The van der Waals surface area contributed by atoms with Gasteiger partial charge < -0.3 is 14.8 Å². The van der Waals surface area contributed by atoms with Gasteiger partial charge in [0, 0.05) is 16.5 Å². The molecule has 0 aromatic heterocycles. The van der Waals surface area contributed by atoms with Gasteiger partial charge in [-0.3, -0.25) is 4.79 Å². The van der Waals surface area contributed by atoms with Crippen molar-refractivity contribution in [1.82, 2.24) is 5.32 Å². The Balaban J connectivity index is 1.69. The van der Waals surface area contributed by atoms with E-state index in [9.17, 15) is 9.18 Å². The van der Waals surface area contributed by atoms with E-state index in [2.05, 4.69) is 5.32 Å². The van der Waals surface area contributed by atoms with Gasteiger partial charge in [-0.05, 0) is 48.6 Å². The highest BCUT2D eigenvalue weighted by molar-refractivity contribution is 6.08. The van der Waals surface area contributed by atoms with Crippen molar-refractivity contribution in [3.63, 3.8) is 0 Å². The van der Waals surface area contributed by atoms with Crippen LogP contribution in [0, 0.1) is 5.82 Å². The summed E-state index contributed by atoms with van der Waals surface area (Å²) in [5, 5.41) is 4.76. The monoisotopic (exact) mass is 365 g/mol. The maximum Gasteiger partial charge on any atom is 0.252 e. The molecule has 0 spiro atoms. The first kappa shape index (κ1) is 17.3. The lowest BCUT2D eigenvalue weighted by atomic mass is 9.99. The molecule has 4 nitrogen and oxygen atoms in total. The first-order valence-electron chi connectivity index (χ1n) is 8.96. The zero-order valence-corrected chi connectivity index (χ0v) is 15.0. The predicted octanol–water partition coefficient (Wildman–Crippen LogP) is 4.63. The lowest BCUT2D eigenvalue weighted by molar-refractivity contribution is 0.0936. The number of methoxy groups -OCH3 is 1. The molecule has 0 bridgehead atoms. The van der Waals surface area contributed by atoms with Gasteiger partial charge in [0.25, 0.3) is 5.91 Å². The Kier molecular flexibility index (Phi) is 4.67. The second-order valence-corrected chi connectivity index (χ2v) is 6.56. The van der Waals surface area contributed by atoms with E-state index in [4.69, 9.17) is 9.47 Å². The molecule has 1 amide bonds. The van der Waals surface area contributed by atoms with E-state index in [1.165, 1.54) is 12.1 Å². The number of carbonyl (C=O) groups excluding carboxylic acids is 1. The van der Waals surface area contributed by atoms with E-state index < -0.39 is 0 Å². The minimum Gasteiger partial charge on any atom is -0.496 e. The molecule has 0 aliphatic carbocycles. The second kappa shape index (κ2) is 7.27. The molecule has 0 saturated carbocycles. The number of halogens is 1. The molecule has 1 N–H and O–H groups in total. The number of hydrogen-bond donors (Lipinski definition) is 1. The van der Waals surface area contributed by atoms with Crippen LogP contribution in [0.5, 0.6) is 11.5 Å². The van der Waals surface area contributed by atoms with E-state index in [1.807, 2.05) is 24.3 Å². The number of carbonyl (C=O) groups is 1. The van der Waals surface area contributed by atoms with Crippen LogP contribution in [0.15, 0.2) is 54.6 Å². The Labute approximate surface area is 156 Å². The maximum atomic E-state index is 13.8. The summed E-state index contributed by atoms with van der Waals surface area (Å²) in [4.78, 5) is 13.0. The molecule has 4 rings (SSSR count). The molecule has 0 saturated heterocycles. The van der Waals surface area contributed by atoms with Crippen molar-refractivity contribution in [2.75, 3.05) is 13.7 Å². The quantitative estimate of drug-likeness (QED) is 0.736. The Morgan fingerprint density at radius 3 is 2.78 bits per heavy atom. The molecule has 0 radical (unpaired) electrons. The summed E-state index contributed by atoms with van der Waals surface area (Å²) in [6, 6.07) is 15.3. The molecule has 0 fully saturated rings. The number of fused-ring (bicyclic) bond motifs is 2. The Morgan fingerprint density at radius 2 is 1.96 bits per heavy atom. The van der Waals surface area contributed by atoms with Gasteiger partial charge >= 0.3 is 0 Å². The highest BCUT2D eigenvalue weighted by atomic mass is 19.1. The molecule has 1 aliphatic heterocycles. The number of amides is 1. The second-order valence-electron chi connectivity index (χ2n) is 6.56. The number of benzene rings is 3.